The van der Waals surface area contributed by atoms with Crippen LogP contribution in [0.3, 0.4) is 0 Å². The lowest BCUT2D eigenvalue weighted by Gasteiger charge is -2.26. The number of anilines is 1. The number of rotatable bonds is 3. The SMILES string of the molecule is O=C1Nc2ccccc2C[C@@H]1CCC(=O)N1CCCCCC1. The number of nitrogens with zero attached hydrogens (tertiary/aromatic N) is 1. The Kier molecular flexibility index (Phi) is 4.76. The molecule has 0 saturated carbocycles. The lowest BCUT2D eigenvalue weighted by Crippen LogP contribution is -2.34. The molecule has 0 radical (unpaired) electrons. The first-order valence-electron chi connectivity index (χ1n) is 8.40. The first kappa shape index (κ1) is 15.1. The van der Waals surface area contributed by atoms with Gasteiger partial charge in [-0.2, -0.15) is 0 Å². The summed E-state index contributed by atoms with van der Waals surface area (Å²) < 4.78 is 0. The third-order valence-electron chi connectivity index (χ3n) is 4.78. The van der Waals surface area contributed by atoms with E-state index in [2.05, 4.69) is 11.4 Å². The summed E-state index contributed by atoms with van der Waals surface area (Å²) in [4.78, 5) is 26.5. The summed E-state index contributed by atoms with van der Waals surface area (Å²) in [5.74, 6) is 0.196. The number of hydrogen-bond acceptors (Lipinski definition) is 2. The summed E-state index contributed by atoms with van der Waals surface area (Å²) >= 11 is 0. The van der Waals surface area contributed by atoms with E-state index in [1.165, 1.54) is 18.4 Å². The van der Waals surface area contributed by atoms with Gasteiger partial charge in [0, 0.05) is 31.1 Å². The minimum absolute atomic E-state index is 0.0577. The van der Waals surface area contributed by atoms with Gasteiger partial charge >= 0.3 is 0 Å². The standard InChI is InChI=1S/C18H24N2O2/c21-17(20-11-5-1-2-6-12-20)10-9-15-13-14-7-3-4-8-16(14)19-18(15)22/h3-4,7-8,15H,1-2,5-6,9-13H2,(H,19,22)/t15-/m0/s1. The number of likely N-dealkylation sites (tertiary alicyclic amines) is 1. The molecule has 1 aromatic carbocycles. The van der Waals surface area contributed by atoms with Crippen molar-refractivity contribution in [2.45, 2.75) is 44.9 Å². The lowest BCUT2D eigenvalue weighted by atomic mass is 9.89. The van der Waals surface area contributed by atoms with Gasteiger partial charge in [0.1, 0.15) is 0 Å². The zero-order valence-corrected chi connectivity index (χ0v) is 13.0. The average Bonchev–Trinajstić information content (AvgIpc) is 2.82. The number of amides is 2. The second kappa shape index (κ2) is 6.95. The molecule has 0 bridgehead atoms. The minimum Gasteiger partial charge on any atom is -0.343 e. The Bertz CT molecular complexity index is 548. The average molecular weight is 300 g/mol. The Morgan fingerprint density at radius 2 is 1.86 bits per heavy atom. The van der Waals surface area contributed by atoms with E-state index in [-0.39, 0.29) is 17.7 Å². The van der Waals surface area contributed by atoms with E-state index in [0.717, 1.165) is 38.0 Å². The molecule has 0 aromatic heterocycles. The highest BCUT2D eigenvalue weighted by molar-refractivity contribution is 5.96. The molecule has 2 aliphatic rings. The van der Waals surface area contributed by atoms with Gasteiger partial charge in [0.05, 0.1) is 0 Å². The van der Waals surface area contributed by atoms with Crippen LogP contribution in [0.15, 0.2) is 24.3 Å². The maximum absolute atomic E-state index is 12.3. The minimum atomic E-state index is -0.0779. The fourth-order valence-electron chi connectivity index (χ4n) is 3.42. The highest BCUT2D eigenvalue weighted by Gasteiger charge is 2.27. The van der Waals surface area contributed by atoms with Crippen molar-refractivity contribution in [3.05, 3.63) is 29.8 Å². The smallest absolute Gasteiger partial charge is 0.227 e. The monoisotopic (exact) mass is 300 g/mol. The van der Waals surface area contributed by atoms with Gasteiger partial charge in [-0.05, 0) is 37.3 Å². The molecule has 0 spiro atoms. The van der Waals surface area contributed by atoms with E-state index < -0.39 is 0 Å². The molecule has 0 unspecified atom stereocenters. The molecule has 4 heteroatoms. The van der Waals surface area contributed by atoms with Gasteiger partial charge < -0.3 is 10.2 Å². The summed E-state index contributed by atoms with van der Waals surface area (Å²) in [5, 5.41) is 2.96. The van der Waals surface area contributed by atoms with Crippen LogP contribution in [0, 0.1) is 5.92 Å². The summed E-state index contributed by atoms with van der Waals surface area (Å²) in [5.41, 5.74) is 2.09. The van der Waals surface area contributed by atoms with Crippen LogP contribution in [0.5, 0.6) is 0 Å². The normalized spacial score (nSPS) is 21.7. The van der Waals surface area contributed by atoms with Crippen molar-refractivity contribution in [2.75, 3.05) is 18.4 Å². The summed E-state index contributed by atoms with van der Waals surface area (Å²) in [6.07, 6.45) is 6.56. The van der Waals surface area contributed by atoms with Crippen LogP contribution in [-0.4, -0.2) is 29.8 Å². The molecule has 1 fully saturated rings. The van der Waals surface area contributed by atoms with Crippen LogP contribution in [-0.2, 0) is 16.0 Å². The van der Waals surface area contributed by atoms with Crippen LogP contribution < -0.4 is 5.32 Å². The summed E-state index contributed by atoms with van der Waals surface area (Å²) in [6, 6.07) is 7.92. The molecule has 1 aromatic rings. The Morgan fingerprint density at radius 3 is 2.64 bits per heavy atom. The van der Waals surface area contributed by atoms with Crippen molar-refractivity contribution in [3.8, 4) is 0 Å². The van der Waals surface area contributed by atoms with Gasteiger partial charge in [-0.15, -0.1) is 0 Å². The molecular formula is C18H24N2O2. The van der Waals surface area contributed by atoms with E-state index in [0.29, 0.717) is 12.8 Å². The number of benzene rings is 1. The molecule has 2 heterocycles. The molecule has 1 saturated heterocycles. The number of fused-ring (bicyclic) bond motifs is 1. The second-order valence-corrected chi connectivity index (χ2v) is 6.38. The van der Waals surface area contributed by atoms with Crippen molar-refractivity contribution in [1.29, 1.82) is 0 Å². The highest BCUT2D eigenvalue weighted by Crippen LogP contribution is 2.27. The fraction of sp³-hybridized carbons (Fsp3) is 0.556. The molecular weight excluding hydrogens is 276 g/mol. The Balaban J connectivity index is 1.55. The number of carbonyl (C=O) groups is 2. The maximum atomic E-state index is 12.3. The number of nitrogens with one attached hydrogen (secondary N) is 1. The van der Waals surface area contributed by atoms with E-state index in [1.807, 2.05) is 23.1 Å². The van der Waals surface area contributed by atoms with Crippen LogP contribution >= 0.6 is 0 Å². The molecule has 22 heavy (non-hydrogen) atoms. The zero-order valence-electron chi connectivity index (χ0n) is 13.0. The van der Waals surface area contributed by atoms with Crippen molar-refractivity contribution in [2.24, 2.45) is 5.92 Å². The van der Waals surface area contributed by atoms with Gasteiger partial charge in [0.15, 0.2) is 0 Å². The van der Waals surface area contributed by atoms with E-state index in [9.17, 15) is 9.59 Å². The molecule has 3 rings (SSSR count). The van der Waals surface area contributed by atoms with Crippen molar-refractivity contribution in [1.82, 2.24) is 4.90 Å². The molecule has 2 amide bonds. The van der Waals surface area contributed by atoms with Crippen molar-refractivity contribution < 1.29 is 9.59 Å². The van der Waals surface area contributed by atoms with E-state index in [4.69, 9.17) is 0 Å². The third-order valence-corrected chi connectivity index (χ3v) is 4.78. The first-order chi connectivity index (χ1) is 10.7. The van der Waals surface area contributed by atoms with Crippen molar-refractivity contribution >= 4 is 17.5 Å². The predicted octanol–water partition coefficient (Wildman–Crippen LogP) is 2.98. The van der Waals surface area contributed by atoms with E-state index in [1.54, 1.807) is 0 Å². The number of carbonyl (C=O) groups excluding carboxylic acids is 2. The Morgan fingerprint density at radius 1 is 1.14 bits per heavy atom. The van der Waals surface area contributed by atoms with Gasteiger partial charge in [-0.25, -0.2) is 0 Å². The van der Waals surface area contributed by atoms with E-state index >= 15 is 0 Å². The lowest BCUT2D eigenvalue weighted by molar-refractivity contribution is -0.131. The number of para-hydroxylation sites is 1. The largest absolute Gasteiger partial charge is 0.343 e. The molecule has 0 aliphatic carbocycles. The molecule has 1 atom stereocenters. The molecule has 1 N–H and O–H groups in total. The van der Waals surface area contributed by atoms with Gasteiger partial charge in [-0.1, -0.05) is 31.0 Å². The van der Waals surface area contributed by atoms with Crippen LogP contribution in [0.2, 0.25) is 0 Å². The molecule has 2 aliphatic heterocycles. The highest BCUT2D eigenvalue weighted by atomic mass is 16.2. The van der Waals surface area contributed by atoms with Crippen molar-refractivity contribution in [3.63, 3.8) is 0 Å². The molecule has 4 nitrogen and oxygen atoms in total. The van der Waals surface area contributed by atoms with Crippen LogP contribution in [0.25, 0.3) is 0 Å². The third kappa shape index (κ3) is 3.49. The second-order valence-electron chi connectivity index (χ2n) is 6.38. The predicted molar refractivity (Wildman–Crippen MR) is 86.5 cm³/mol. The number of hydrogen-bond donors (Lipinski definition) is 1. The first-order valence-corrected chi connectivity index (χ1v) is 8.40. The molecule has 118 valence electrons. The maximum Gasteiger partial charge on any atom is 0.227 e. The summed E-state index contributed by atoms with van der Waals surface area (Å²) in [6.45, 7) is 1.77. The van der Waals surface area contributed by atoms with Gasteiger partial charge in [0.25, 0.3) is 0 Å². The Hall–Kier alpha value is -1.84. The van der Waals surface area contributed by atoms with Gasteiger partial charge in [0.2, 0.25) is 11.8 Å². The van der Waals surface area contributed by atoms with Gasteiger partial charge in [-0.3, -0.25) is 9.59 Å². The quantitative estimate of drug-likeness (QED) is 0.933. The van der Waals surface area contributed by atoms with Crippen LogP contribution in [0.4, 0.5) is 5.69 Å². The van der Waals surface area contributed by atoms with Crippen LogP contribution in [0.1, 0.15) is 44.1 Å². The fourth-order valence-corrected chi connectivity index (χ4v) is 3.42. The topological polar surface area (TPSA) is 49.4 Å². The Labute approximate surface area is 131 Å². The summed E-state index contributed by atoms with van der Waals surface area (Å²) in [7, 11) is 0. The zero-order chi connectivity index (χ0) is 15.4.